The van der Waals surface area contributed by atoms with Crippen molar-refractivity contribution in [2.24, 2.45) is 0 Å². The number of aromatic amines is 1. The molecule has 1 aliphatic heterocycles. The summed E-state index contributed by atoms with van der Waals surface area (Å²) in [5.74, 6) is -0.0481. The summed E-state index contributed by atoms with van der Waals surface area (Å²) in [7, 11) is 0. The third-order valence-corrected chi connectivity index (χ3v) is 4.85. The van der Waals surface area contributed by atoms with Gasteiger partial charge in [-0.3, -0.25) is 4.79 Å². The lowest BCUT2D eigenvalue weighted by atomic mass is 9.83. The number of aromatic nitrogens is 2. The molecule has 1 aromatic heterocycles. The molecular weight excluding hydrogens is 356 g/mol. The lowest BCUT2D eigenvalue weighted by molar-refractivity contribution is -0.139. The molecule has 0 fully saturated rings. The predicted octanol–water partition coefficient (Wildman–Crippen LogP) is 3.59. The highest BCUT2D eigenvalue weighted by Crippen LogP contribution is 2.41. The number of esters is 1. The summed E-state index contributed by atoms with van der Waals surface area (Å²) in [6.07, 6.45) is 0. The molecule has 142 valence electrons. The van der Waals surface area contributed by atoms with E-state index in [9.17, 15) is 9.59 Å². The van der Waals surface area contributed by atoms with Gasteiger partial charge in [0.1, 0.15) is 11.6 Å². The number of carbonyl (C=O) groups excluding carboxylic acids is 1. The highest BCUT2D eigenvalue weighted by Gasteiger charge is 2.37. The maximum absolute atomic E-state index is 12.8. The van der Waals surface area contributed by atoms with Crippen molar-refractivity contribution in [1.82, 2.24) is 9.97 Å². The predicted molar refractivity (Wildman–Crippen MR) is 105 cm³/mol. The molecule has 3 aromatic rings. The van der Waals surface area contributed by atoms with Gasteiger partial charge in [0, 0.05) is 0 Å². The number of nitrogens with one attached hydrogen (secondary N) is 1. The monoisotopic (exact) mass is 376 g/mol. The third kappa shape index (κ3) is 2.97. The van der Waals surface area contributed by atoms with E-state index in [0.29, 0.717) is 22.7 Å². The second kappa shape index (κ2) is 6.96. The molecule has 0 aliphatic carbocycles. The largest absolute Gasteiger partial charge is 0.463 e. The normalized spacial score (nSPS) is 15.9. The summed E-state index contributed by atoms with van der Waals surface area (Å²) in [6.45, 7) is 5.36. The number of benzene rings is 2. The van der Waals surface area contributed by atoms with E-state index in [1.165, 1.54) is 0 Å². The van der Waals surface area contributed by atoms with Crippen LogP contribution in [0.4, 0.5) is 0 Å². The van der Waals surface area contributed by atoms with Crippen LogP contribution in [0.15, 0.2) is 58.6 Å². The Balaban J connectivity index is 1.98. The van der Waals surface area contributed by atoms with Gasteiger partial charge in [0.05, 0.1) is 23.7 Å². The summed E-state index contributed by atoms with van der Waals surface area (Å²) in [5, 5.41) is 2.10. The van der Waals surface area contributed by atoms with E-state index in [2.05, 4.69) is 9.97 Å². The zero-order chi connectivity index (χ0) is 19.8. The quantitative estimate of drug-likeness (QED) is 0.707. The van der Waals surface area contributed by atoms with Crippen LogP contribution < -0.4 is 10.3 Å². The molecule has 6 heteroatoms. The van der Waals surface area contributed by atoms with Gasteiger partial charge in [0.2, 0.25) is 5.88 Å². The highest BCUT2D eigenvalue weighted by atomic mass is 16.5. The number of ether oxygens (including phenoxy) is 2. The standard InChI is InChI=1S/C22H20N2O4/c1-4-27-22(26)17-12(2)28-21-19(20(25)23-13(3)24-21)18(17)16-10-9-14-7-5-6-8-15(14)11-16/h5-11,18H,4H2,1-3H3,(H,23,24,25). The zero-order valence-electron chi connectivity index (χ0n) is 15.9. The van der Waals surface area contributed by atoms with E-state index < -0.39 is 11.9 Å². The molecule has 0 spiro atoms. The van der Waals surface area contributed by atoms with Crippen LogP contribution in [0, 0.1) is 6.92 Å². The molecule has 0 saturated carbocycles. The number of carbonyl (C=O) groups is 1. The molecule has 0 saturated heterocycles. The van der Waals surface area contributed by atoms with Crippen molar-refractivity contribution in [2.45, 2.75) is 26.7 Å². The van der Waals surface area contributed by atoms with Crippen molar-refractivity contribution < 1.29 is 14.3 Å². The maximum atomic E-state index is 12.8. The Morgan fingerprint density at radius 3 is 2.68 bits per heavy atom. The second-order valence-electron chi connectivity index (χ2n) is 6.70. The Hall–Kier alpha value is -3.41. The average Bonchev–Trinajstić information content (AvgIpc) is 2.66. The first-order valence-electron chi connectivity index (χ1n) is 9.15. The average molecular weight is 376 g/mol. The Bertz CT molecular complexity index is 1180. The van der Waals surface area contributed by atoms with Crippen LogP contribution in [0.5, 0.6) is 5.88 Å². The van der Waals surface area contributed by atoms with Gasteiger partial charge in [-0.2, -0.15) is 4.98 Å². The topological polar surface area (TPSA) is 81.3 Å². The number of allylic oxidation sites excluding steroid dienone is 1. The van der Waals surface area contributed by atoms with Gasteiger partial charge >= 0.3 is 5.97 Å². The number of fused-ring (bicyclic) bond motifs is 2. The van der Waals surface area contributed by atoms with Crippen LogP contribution in [0.1, 0.15) is 36.7 Å². The molecule has 1 N–H and O–H groups in total. The Morgan fingerprint density at radius 1 is 1.18 bits per heavy atom. The number of rotatable bonds is 3. The minimum absolute atomic E-state index is 0.227. The molecule has 0 radical (unpaired) electrons. The van der Waals surface area contributed by atoms with Crippen molar-refractivity contribution in [3.63, 3.8) is 0 Å². The van der Waals surface area contributed by atoms with Crippen molar-refractivity contribution >= 4 is 16.7 Å². The first-order chi connectivity index (χ1) is 13.5. The van der Waals surface area contributed by atoms with Crippen molar-refractivity contribution in [1.29, 1.82) is 0 Å². The Morgan fingerprint density at radius 2 is 1.93 bits per heavy atom. The third-order valence-electron chi connectivity index (χ3n) is 4.85. The number of hydrogen-bond acceptors (Lipinski definition) is 5. The van der Waals surface area contributed by atoms with E-state index in [4.69, 9.17) is 9.47 Å². The lowest BCUT2D eigenvalue weighted by Gasteiger charge is -2.27. The molecule has 6 nitrogen and oxygen atoms in total. The van der Waals surface area contributed by atoms with E-state index in [1.54, 1.807) is 20.8 Å². The van der Waals surface area contributed by atoms with Gasteiger partial charge in [-0.05, 0) is 37.1 Å². The van der Waals surface area contributed by atoms with E-state index in [1.807, 2.05) is 42.5 Å². The Kier molecular flexibility index (Phi) is 4.47. The molecule has 2 aromatic carbocycles. The molecule has 28 heavy (non-hydrogen) atoms. The van der Waals surface area contributed by atoms with Crippen LogP contribution in [-0.4, -0.2) is 22.5 Å². The van der Waals surface area contributed by atoms with Gasteiger partial charge in [0.15, 0.2) is 0 Å². The fourth-order valence-electron chi connectivity index (χ4n) is 3.64. The van der Waals surface area contributed by atoms with Gasteiger partial charge < -0.3 is 14.5 Å². The van der Waals surface area contributed by atoms with Crippen LogP contribution in [0.25, 0.3) is 10.8 Å². The zero-order valence-corrected chi connectivity index (χ0v) is 15.9. The summed E-state index contributed by atoms with van der Waals surface area (Å²) in [5.41, 5.74) is 1.12. The second-order valence-corrected chi connectivity index (χ2v) is 6.70. The van der Waals surface area contributed by atoms with Gasteiger partial charge in [-0.1, -0.05) is 42.5 Å². The maximum Gasteiger partial charge on any atom is 0.338 e. The molecule has 1 unspecified atom stereocenters. The molecule has 0 amide bonds. The molecule has 0 bridgehead atoms. The van der Waals surface area contributed by atoms with E-state index in [-0.39, 0.29) is 18.0 Å². The smallest absolute Gasteiger partial charge is 0.338 e. The summed E-state index contributed by atoms with van der Waals surface area (Å²) < 4.78 is 11.0. The summed E-state index contributed by atoms with van der Waals surface area (Å²) in [6, 6.07) is 13.8. The highest BCUT2D eigenvalue weighted by molar-refractivity contribution is 5.93. The first kappa shape index (κ1) is 18.0. The Labute approximate surface area is 161 Å². The van der Waals surface area contributed by atoms with E-state index >= 15 is 0 Å². The molecule has 2 heterocycles. The van der Waals surface area contributed by atoms with Crippen LogP contribution in [-0.2, 0) is 9.53 Å². The lowest BCUT2D eigenvalue weighted by Crippen LogP contribution is -2.30. The molecule has 1 aliphatic rings. The number of H-pyrrole nitrogens is 1. The van der Waals surface area contributed by atoms with Gasteiger partial charge in [-0.25, -0.2) is 4.79 Å². The number of aryl methyl sites for hydroxylation is 1. The summed E-state index contributed by atoms with van der Waals surface area (Å²) in [4.78, 5) is 32.6. The van der Waals surface area contributed by atoms with Crippen LogP contribution in [0.2, 0.25) is 0 Å². The van der Waals surface area contributed by atoms with Crippen molar-refractivity contribution in [3.8, 4) is 5.88 Å². The fourth-order valence-corrected chi connectivity index (χ4v) is 3.64. The number of nitrogens with zero attached hydrogens (tertiary/aromatic N) is 1. The van der Waals surface area contributed by atoms with Crippen molar-refractivity contribution in [2.75, 3.05) is 6.61 Å². The summed E-state index contributed by atoms with van der Waals surface area (Å²) >= 11 is 0. The fraction of sp³-hybridized carbons (Fsp3) is 0.227. The minimum atomic E-state index is -0.621. The van der Waals surface area contributed by atoms with Crippen LogP contribution >= 0.6 is 0 Å². The minimum Gasteiger partial charge on any atom is -0.463 e. The van der Waals surface area contributed by atoms with Crippen molar-refractivity contribution in [3.05, 3.63) is 81.1 Å². The van der Waals surface area contributed by atoms with Crippen LogP contribution in [0.3, 0.4) is 0 Å². The first-order valence-corrected chi connectivity index (χ1v) is 9.15. The SMILES string of the molecule is CCOC(=O)C1=C(C)Oc2nc(C)[nH]c(=O)c2C1c1ccc2ccccc2c1. The van der Waals surface area contributed by atoms with Gasteiger partial charge in [0.25, 0.3) is 5.56 Å². The molecule has 4 rings (SSSR count). The van der Waals surface area contributed by atoms with E-state index in [0.717, 1.165) is 16.3 Å². The molecule has 1 atom stereocenters. The van der Waals surface area contributed by atoms with Gasteiger partial charge in [-0.15, -0.1) is 0 Å². The molecular formula is C22H20N2O4. The number of hydrogen-bond donors (Lipinski definition) is 1.